The van der Waals surface area contributed by atoms with Crippen molar-refractivity contribution in [1.29, 1.82) is 0 Å². The fourth-order valence-electron chi connectivity index (χ4n) is 5.23. The van der Waals surface area contributed by atoms with Crippen LogP contribution in [0.4, 0.5) is 0 Å². The van der Waals surface area contributed by atoms with Crippen molar-refractivity contribution in [1.82, 2.24) is 0 Å². The number of allylic oxidation sites excluding steroid dienone is 3. The third kappa shape index (κ3) is 1.99. The van der Waals surface area contributed by atoms with Crippen molar-refractivity contribution in [3.8, 4) is 0 Å². The number of hydrogen-bond acceptors (Lipinski definition) is 3. The van der Waals surface area contributed by atoms with Gasteiger partial charge in [0.15, 0.2) is 11.6 Å². The number of nitrogens with zero attached hydrogens (tertiary/aromatic N) is 1. The Morgan fingerprint density at radius 2 is 2.00 bits per heavy atom. The van der Waals surface area contributed by atoms with Gasteiger partial charge in [-0.3, -0.25) is 4.79 Å². The van der Waals surface area contributed by atoms with Gasteiger partial charge in [0.2, 0.25) is 5.70 Å². The SMILES string of the molecule is [C-]#[N+]C1=C[C@]2(C)C3=CC(=O)CC[C@]3(CO)CC[C@H]2C(C)(C)C1=O. The van der Waals surface area contributed by atoms with E-state index in [0.29, 0.717) is 12.8 Å². The van der Waals surface area contributed by atoms with Gasteiger partial charge in [-0.2, -0.15) is 0 Å². The Balaban J connectivity index is 2.26. The van der Waals surface area contributed by atoms with Crippen LogP contribution in [-0.4, -0.2) is 23.3 Å². The molecule has 3 rings (SSSR count). The average molecular weight is 313 g/mol. The summed E-state index contributed by atoms with van der Waals surface area (Å²) in [6, 6.07) is 0. The van der Waals surface area contributed by atoms with Crippen LogP contribution in [0.2, 0.25) is 0 Å². The highest BCUT2D eigenvalue weighted by atomic mass is 16.3. The maximum absolute atomic E-state index is 12.6. The first-order valence-corrected chi connectivity index (χ1v) is 8.23. The topological polar surface area (TPSA) is 58.7 Å². The van der Waals surface area contributed by atoms with Gasteiger partial charge < -0.3 is 9.90 Å². The highest BCUT2D eigenvalue weighted by Crippen LogP contribution is 2.64. The normalized spacial score (nSPS) is 38.8. The van der Waals surface area contributed by atoms with Crippen LogP contribution in [-0.2, 0) is 9.59 Å². The van der Waals surface area contributed by atoms with Crippen molar-refractivity contribution >= 4 is 11.6 Å². The zero-order valence-electron chi connectivity index (χ0n) is 14.0. The molecular formula is C19H23NO3. The van der Waals surface area contributed by atoms with Gasteiger partial charge in [0.05, 0.1) is 13.2 Å². The summed E-state index contributed by atoms with van der Waals surface area (Å²) in [5, 5.41) is 10.1. The third-order valence-electron chi connectivity index (χ3n) is 6.49. The summed E-state index contributed by atoms with van der Waals surface area (Å²) >= 11 is 0. The zero-order chi connectivity index (χ0) is 17.0. The number of aliphatic hydroxyl groups is 1. The number of hydrogen-bond donors (Lipinski definition) is 1. The van der Waals surface area contributed by atoms with Crippen LogP contribution < -0.4 is 0 Å². The molecule has 0 heterocycles. The van der Waals surface area contributed by atoms with E-state index < -0.39 is 10.8 Å². The lowest BCUT2D eigenvalue weighted by Crippen LogP contribution is -2.54. The summed E-state index contributed by atoms with van der Waals surface area (Å²) in [5.41, 5.74) is -0.428. The number of fused-ring (bicyclic) bond motifs is 3. The second kappa shape index (κ2) is 4.88. The van der Waals surface area contributed by atoms with Crippen LogP contribution in [0.1, 0.15) is 46.5 Å². The molecule has 0 bridgehead atoms. The van der Waals surface area contributed by atoms with Crippen LogP contribution in [0.25, 0.3) is 4.85 Å². The Bertz CT molecular complexity index is 694. The van der Waals surface area contributed by atoms with Gasteiger partial charge >= 0.3 is 0 Å². The van der Waals surface area contributed by atoms with E-state index in [4.69, 9.17) is 6.57 Å². The molecule has 3 atom stereocenters. The van der Waals surface area contributed by atoms with Crippen LogP contribution >= 0.6 is 0 Å². The van der Waals surface area contributed by atoms with Crippen LogP contribution in [0.3, 0.4) is 0 Å². The molecule has 1 saturated carbocycles. The Kier molecular flexibility index (Phi) is 3.42. The summed E-state index contributed by atoms with van der Waals surface area (Å²) in [5.74, 6) is 0.0254. The van der Waals surface area contributed by atoms with Crippen LogP contribution in [0, 0.1) is 28.7 Å². The van der Waals surface area contributed by atoms with Crippen molar-refractivity contribution in [2.45, 2.75) is 46.5 Å². The lowest BCUT2D eigenvalue weighted by atomic mass is 9.45. The Morgan fingerprint density at radius 1 is 1.30 bits per heavy atom. The zero-order valence-corrected chi connectivity index (χ0v) is 14.0. The van der Waals surface area contributed by atoms with E-state index in [1.807, 2.05) is 20.8 Å². The molecule has 0 amide bonds. The minimum Gasteiger partial charge on any atom is -0.395 e. The number of carbonyl (C=O) groups is 2. The molecule has 0 aliphatic heterocycles. The molecule has 0 unspecified atom stereocenters. The standard InChI is InChI=1S/C19H23NO3/c1-17(2)14-6-8-19(11-21)7-5-12(22)9-15(19)18(14,3)10-13(20-4)16(17)23/h9-10,14,21H,5-8,11H2,1-3H3/t14-,18-,19+/m0/s1. The fourth-order valence-corrected chi connectivity index (χ4v) is 5.23. The maximum Gasteiger partial charge on any atom is 0.226 e. The molecule has 4 nitrogen and oxygen atoms in total. The van der Waals surface area contributed by atoms with Crippen molar-refractivity contribution in [2.75, 3.05) is 6.61 Å². The first kappa shape index (κ1) is 16.1. The Labute approximate surface area is 137 Å². The van der Waals surface area contributed by atoms with Gasteiger partial charge in [-0.05, 0) is 36.8 Å². The molecule has 23 heavy (non-hydrogen) atoms. The largest absolute Gasteiger partial charge is 0.395 e. The molecule has 0 aromatic carbocycles. The van der Waals surface area contributed by atoms with Gasteiger partial charge in [0, 0.05) is 22.7 Å². The quantitative estimate of drug-likeness (QED) is 0.757. The minimum absolute atomic E-state index is 0.0178. The van der Waals surface area contributed by atoms with E-state index in [0.717, 1.165) is 18.4 Å². The Morgan fingerprint density at radius 3 is 2.61 bits per heavy atom. The van der Waals surface area contributed by atoms with Crippen molar-refractivity contribution in [3.05, 3.63) is 34.8 Å². The van der Waals surface area contributed by atoms with Gasteiger partial charge in [-0.25, -0.2) is 4.85 Å². The Hall–Kier alpha value is -1.73. The average Bonchev–Trinajstić information content (AvgIpc) is 2.52. The second-order valence-corrected chi connectivity index (χ2v) is 8.03. The van der Waals surface area contributed by atoms with E-state index in [2.05, 4.69) is 4.85 Å². The summed E-state index contributed by atoms with van der Waals surface area (Å²) in [4.78, 5) is 28.1. The number of aliphatic hydroxyl groups excluding tert-OH is 1. The van der Waals surface area contributed by atoms with E-state index in [1.54, 1.807) is 12.2 Å². The fraction of sp³-hybridized carbons (Fsp3) is 0.632. The van der Waals surface area contributed by atoms with Crippen molar-refractivity contribution in [2.24, 2.45) is 22.2 Å². The van der Waals surface area contributed by atoms with Crippen molar-refractivity contribution in [3.63, 3.8) is 0 Å². The monoisotopic (exact) mass is 313 g/mol. The van der Waals surface area contributed by atoms with Gasteiger partial charge in [0.25, 0.3) is 0 Å². The molecule has 0 spiro atoms. The highest BCUT2D eigenvalue weighted by molar-refractivity contribution is 6.02. The molecule has 0 aromatic heterocycles. The van der Waals surface area contributed by atoms with E-state index >= 15 is 0 Å². The molecular weight excluding hydrogens is 290 g/mol. The number of carbonyl (C=O) groups excluding carboxylic acids is 2. The van der Waals surface area contributed by atoms with Crippen molar-refractivity contribution < 1.29 is 14.7 Å². The van der Waals surface area contributed by atoms with Crippen LogP contribution in [0.5, 0.6) is 0 Å². The molecule has 4 heteroatoms. The molecule has 1 N–H and O–H groups in total. The van der Waals surface area contributed by atoms with E-state index in [9.17, 15) is 14.7 Å². The highest BCUT2D eigenvalue weighted by Gasteiger charge is 2.59. The lowest BCUT2D eigenvalue weighted by Gasteiger charge is -2.58. The minimum atomic E-state index is -0.633. The summed E-state index contributed by atoms with van der Waals surface area (Å²) in [6.07, 6.45) is 6.20. The molecule has 1 fully saturated rings. The first-order chi connectivity index (χ1) is 10.7. The predicted octanol–water partition coefficient (Wildman–Crippen LogP) is 3.08. The number of ketones is 2. The molecule has 122 valence electrons. The van der Waals surface area contributed by atoms with E-state index in [-0.39, 0.29) is 35.2 Å². The first-order valence-electron chi connectivity index (χ1n) is 8.23. The summed E-state index contributed by atoms with van der Waals surface area (Å²) in [6.45, 7) is 13.2. The smallest absolute Gasteiger partial charge is 0.226 e. The second-order valence-electron chi connectivity index (χ2n) is 8.03. The number of Topliss-reactive ketones (excluding diaryl/α,β-unsaturated/α-hetero) is 1. The molecule has 0 radical (unpaired) electrons. The van der Waals surface area contributed by atoms with Gasteiger partial charge in [-0.15, -0.1) is 0 Å². The van der Waals surface area contributed by atoms with Crippen LogP contribution in [0.15, 0.2) is 23.4 Å². The lowest BCUT2D eigenvalue weighted by molar-refractivity contribution is -0.131. The summed E-state index contributed by atoms with van der Waals surface area (Å²) < 4.78 is 0. The molecule has 3 aliphatic carbocycles. The maximum atomic E-state index is 12.6. The molecule has 3 aliphatic rings. The summed E-state index contributed by atoms with van der Waals surface area (Å²) in [7, 11) is 0. The predicted molar refractivity (Wildman–Crippen MR) is 86.1 cm³/mol. The molecule has 0 saturated heterocycles. The van der Waals surface area contributed by atoms with Gasteiger partial charge in [0.1, 0.15) is 0 Å². The van der Waals surface area contributed by atoms with E-state index in [1.165, 1.54) is 0 Å². The third-order valence-corrected chi connectivity index (χ3v) is 6.49. The molecule has 0 aromatic rings. The number of rotatable bonds is 1. The van der Waals surface area contributed by atoms with Gasteiger partial charge in [-0.1, -0.05) is 26.8 Å².